The number of aromatic nitrogens is 2. The van der Waals surface area contributed by atoms with E-state index in [0.29, 0.717) is 18.1 Å². The molecule has 1 aromatic heterocycles. The van der Waals surface area contributed by atoms with Crippen molar-refractivity contribution in [3.63, 3.8) is 0 Å². The van der Waals surface area contributed by atoms with E-state index < -0.39 is 0 Å². The van der Waals surface area contributed by atoms with Crippen LogP contribution >= 0.6 is 0 Å². The Kier molecular flexibility index (Phi) is 3.62. The zero-order valence-corrected chi connectivity index (χ0v) is 10.5. The van der Waals surface area contributed by atoms with E-state index in [1.807, 2.05) is 30.3 Å². The van der Waals surface area contributed by atoms with Crippen LogP contribution in [-0.2, 0) is 13.6 Å². The lowest BCUT2D eigenvalue weighted by Gasteiger charge is -2.07. The first-order valence-electron chi connectivity index (χ1n) is 5.73. The topological polar surface area (TPSA) is 59.0 Å². The molecule has 0 unspecified atom stereocenters. The van der Waals surface area contributed by atoms with Crippen molar-refractivity contribution in [2.24, 2.45) is 7.05 Å². The molecule has 0 saturated heterocycles. The summed E-state index contributed by atoms with van der Waals surface area (Å²) >= 11 is 0. The zero-order valence-electron chi connectivity index (χ0n) is 10.5. The third-order valence-corrected chi connectivity index (χ3v) is 2.68. The van der Waals surface area contributed by atoms with Gasteiger partial charge in [-0.05, 0) is 5.56 Å². The third-order valence-electron chi connectivity index (χ3n) is 2.68. The minimum absolute atomic E-state index is 0.136. The van der Waals surface area contributed by atoms with Gasteiger partial charge >= 0.3 is 0 Å². The highest BCUT2D eigenvalue weighted by molar-refractivity contribution is 5.97. The fourth-order valence-corrected chi connectivity index (χ4v) is 1.74. The van der Waals surface area contributed by atoms with Crippen LogP contribution in [0.5, 0.6) is 0 Å². The summed E-state index contributed by atoms with van der Waals surface area (Å²) in [5, 5.41) is 5.78. The van der Waals surface area contributed by atoms with Crippen LogP contribution < -0.4 is 10.6 Å². The number of hydrogen-bond acceptors (Lipinski definition) is 3. The van der Waals surface area contributed by atoms with Crippen molar-refractivity contribution in [1.29, 1.82) is 0 Å². The molecule has 0 bridgehead atoms. The van der Waals surface area contributed by atoms with Crippen LogP contribution in [0.3, 0.4) is 0 Å². The fraction of sp³-hybridized carbons (Fsp3) is 0.231. The molecular formula is C13H16N4O. The number of aryl methyl sites for hydroxylation is 1. The first kappa shape index (κ1) is 12.2. The maximum atomic E-state index is 12.1. The highest BCUT2D eigenvalue weighted by Crippen LogP contribution is 2.11. The van der Waals surface area contributed by atoms with Gasteiger partial charge in [0.25, 0.3) is 5.91 Å². The normalized spacial score (nSPS) is 10.1. The molecule has 1 aromatic carbocycles. The largest absolute Gasteiger partial charge is 0.371 e. The van der Waals surface area contributed by atoms with E-state index in [4.69, 9.17) is 0 Å². The van der Waals surface area contributed by atoms with Gasteiger partial charge in [0.2, 0.25) is 0 Å². The van der Waals surface area contributed by atoms with E-state index in [0.717, 1.165) is 5.56 Å². The standard InChI is InChI=1S/C13H16N4O/c1-14-12-11(17(2)9-16-12)13(18)15-8-10-6-4-3-5-7-10/h3-7,9,14H,8H2,1-2H3,(H,15,18). The van der Waals surface area contributed by atoms with Gasteiger partial charge in [0, 0.05) is 20.6 Å². The van der Waals surface area contributed by atoms with E-state index in [1.54, 1.807) is 25.0 Å². The predicted octanol–water partition coefficient (Wildman–Crippen LogP) is 1.39. The van der Waals surface area contributed by atoms with Crippen LogP contribution in [0.1, 0.15) is 16.1 Å². The molecule has 0 saturated carbocycles. The van der Waals surface area contributed by atoms with Gasteiger partial charge in [-0.3, -0.25) is 4.79 Å². The molecule has 0 spiro atoms. The fourth-order valence-electron chi connectivity index (χ4n) is 1.74. The lowest BCUT2D eigenvalue weighted by Crippen LogP contribution is -2.25. The summed E-state index contributed by atoms with van der Waals surface area (Å²) in [6, 6.07) is 9.80. The van der Waals surface area contributed by atoms with Crippen LogP contribution in [0.2, 0.25) is 0 Å². The molecule has 2 aromatic rings. The van der Waals surface area contributed by atoms with Gasteiger partial charge in [-0.15, -0.1) is 0 Å². The molecule has 0 aliphatic carbocycles. The summed E-state index contributed by atoms with van der Waals surface area (Å²) < 4.78 is 1.70. The average molecular weight is 244 g/mol. The van der Waals surface area contributed by atoms with Gasteiger partial charge in [0.05, 0.1) is 6.33 Å². The van der Waals surface area contributed by atoms with E-state index in [2.05, 4.69) is 15.6 Å². The summed E-state index contributed by atoms with van der Waals surface area (Å²) in [7, 11) is 3.54. The summed E-state index contributed by atoms with van der Waals surface area (Å²) in [5.74, 6) is 0.450. The summed E-state index contributed by atoms with van der Waals surface area (Å²) in [4.78, 5) is 16.2. The number of carbonyl (C=O) groups is 1. The Balaban J connectivity index is 2.06. The predicted molar refractivity (Wildman–Crippen MR) is 70.4 cm³/mol. The van der Waals surface area contributed by atoms with E-state index >= 15 is 0 Å². The number of amides is 1. The van der Waals surface area contributed by atoms with E-state index in [-0.39, 0.29) is 5.91 Å². The molecule has 18 heavy (non-hydrogen) atoms. The van der Waals surface area contributed by atoms with Crippen molar-refractivity contribution < 1.29 is 4.79 Å². The molecule has 1 heterocycles. The van der Waals surface area contributed by atoms with Gasteiger partial charge in [-0.25, -0.2) is 4.98 Å². The minimum atomic E-state index is -0.136. The van der Waals surface area contributed by atoms with Gasteiger partial charge in [0.15, 0.2) is 11.5 Å². The van der Waals surface area contributed by atoms with Crippen molar-refractivity contribution in [3.8, 4) is 0 Å². The number of nitrogens with zero attached hydrogens (tertiary/aromatic N) is 2. The first-order chi connectivity index (χ1) is 8.72. The molecule has 94 valence electrons. The SMILES string of the molecule is CNc1ncn(C)c1C(=O)NCc1ccccc1. The Morgan fingerprint density at radius 2 is 2.06 bits per heavy atom. The molecule has 0 atom stereocenters. The van der Waals surface area contributed by atoms with Crippen LogP contribution in [0.15, 0.2) is 36.7 Å². The second kappa shape index (κ2) is 5.35. The molecular weight excluding hydrogens is 228 g/mol. The van der Waals surface area contributed by atoms with Crippen molar-refractivity contribution >= 4 is 11.7 Å². The van der Waals surface area contributed by atoms with Crippen molar-refractivity contribution in [2.45, 2.75) is 6.54 Å². The smallest absolute Gasteiger partial charge is 0.272 e. The second-order valence-electron chi connectivity index (χ2n) is 3.97. The Hall–Kier alpha value is -2.30. The van der Waals surface area contributed by atoms with Gasteiger partial charge in [-0.1, -0.05) is 30.3 Å². The molecule has 0 aliphatic heterocycles. The quantitative estimate of drug-likeness (QED) is 0.854. The number of carbonyl (C=O) groups excluding carboxylic acids is 1. The monoisotopic (exact) mass is 244 g/mol. The summed E-state index contributed by atoms with van der Waals surface area (Å²) in [5.41, 5.74) is 1.60. The Bertz CT molecular complexity index is 533. The van der Waals surface area contributed by atoms with Gasteiger partial charge < -0.3 is 15.2 Å². The van der Waals surface area contributed by atoms with Gasteiger partial charge in [0.1, 0.15) is 0 Å². The number of rotatable bonds is 4. The first-order valence-corrected chi connectivity index (χ1v) is 5.73. The summed E-state index contributed by atoms with van der Waals surface area (Å²) in [6.07, 6.45) is 1.61. The number of benzene rings is 1. The Labute approximate surface area is 106 Å². The number of anilines is 1. The molecule has 0 aliphatic rings. The lowest BCUT2D eigenvalue weighted by atomic mass is 10.2. The maximum absolute atomic E-state index is 12.1. The Morgan fingerprint density at radius 3 is 2.72 bits per heavy atom. The van der Waals surface area contributed by atoms with Crippen LogP contribution in [0.4, 0.5) is 5.82 Å². The third kappa shape index (κ3) is 2.51. The molecule has 2 N–H and O–H groups in total. The number of nitrogens with one attached hydrogen (secondary N) is 2. The molecule has 1 amide bonds. The summed E-state index contributed by atoms with van der Waals surface area (Å²) in [6.45, 7) is 0.508. The number of imidazole rings is 1. The van der Waals surface area contributed by atoms with Crippen molar-refractivity contribution in [1.82, 2.24) is 14.9 Å². The lowest BCUT2D eigenvalue weighted by molar-refractivity contribution is 0.0943. The zero-order chi connectivity index (χ0) is 13.0. The molecule has 2 rings (SSSR count). The van der Waals surface area contributed by atoms with E-state index in [9.17, 15) is 4.79 Å². The molecule has 0 radical (unpaired) electrons. The number of hydrogen-bond donors (Lipinski definition) is 2. The molecule has 5 heteroatoms. The average Bonchev–Trinajstić information content (AvgIpc) is 2.78. The Morgan fingerprint density at radius 1 is 1.33 bits per heavy atom. The molecule has 5 nitrogen and oxygen atoms in total. The highest BCUT2D eigenvalue weighted by atomic mass is 16.2. The van der Waals surface area contributed by atoms with Crippen molar-refractivity contribution in [3.05, 3.63) is 47.9 Å². The second-order valence-corrected chi connectivity index (χ2v) is 3.97. The van der Waals surface area contributed by atoms with Crippen LogP contribution in [-0.4, -0.2) is 22.5 Å². The van der Waals surface area contributed by atoms with Crippen LogP contribution in [0, 0.1) is 0 Å². The van der Waals surface area contributed by atoms with Gasteiger partial charge in [-0.2, -0.15) is 0 Å². The molecule has 0 fully saturated rings. The maximum Gasteiger partial charge on any atom is 0.272 e. The van der Waals surface area contributed by atoms with E-state index in [1.165, 1.54) is 0 Å². The van der Waals surface area contributed by atoms with Crippen LogP contribution in [0.25, 0.3) is 0 Å². The highest BCUT2D eigenvalue weighted by Gasteiger charge is 2.15. The van der Waals surface area contributed by atoms with Crippen molar-refractivity contribution in [2.75, 3.05) is 12.4 Å². The minimum Gasteiger partial charge on any atom is -0.371 e.